The summed E-state index contributed by atoms with van der Waals surface area (Å²) >= 11 is 3.43. The molecule has 2 heterocycles. The maximum absolute atomic E-state index is 13.0. The molecule has 0 amide bonds. The van der Waals surface area contributed by atoms with Crippen molar-refractivity contribution in [3.05, 3.63) is 98.8 Å². The lowest BCUT2D eigenvalue weighted by Crippen LogP contribution is -2.31. The molecule has 0 spiro atoms. The average molecular weight is 464 g/mol. The van der Waals surface area contributed by atoms with Crippen LogP contribution in [0.25, 0.3) is 11.0 Å². The van der Waals surface area contributed by atoms with Crippen molar-refractivity contribution in [3.63, 3.8) is 0 Å². The summed E-state index contributed by atoms with van der Waals surface area (Å²) in [6.45, 7) is 1.87. The standard InChI is InChI=1S/C24H18BrNO4/c25-19-8-4-5-9-21(19)30-22-14-28-24-17(23(22)27)10-11-20-18(24)13-26(15-29-20)12-16-6-2-1-3-7-16/h1-11,14H,12-13,15H2. The molecule has 0 bridgehead atoms. The number of hydrogen-bond donors (Lipinski definition) is 0. The van der Waals surface area contributed by atoms with Gasteiger partial charge in [0.1, 0.15) is 30.1 Å². The number of fused-ring (bicyclic) bond motifs is 3. The molecule has 1 aliphatic rings. The lowest BCUT2D eigenvalue weighted by atomic mass is 10.1. The second-order valence-electron chi connectivity index (χ2n) is 7.13. The highest BCUT2D eigenvalue weighted by Gasteiger charge is 2.23. The van der Waals surface area contributed by atoms with Gasteiger partial charge in [-0.15, -0.1) is 0 Å². The molecule has 5 rings (SSSR count). The first-order valence-corrected chi connectivity index (χ1v) is 10.4. The minimum absolute atomic E-state index is 0.146. The molecule has 0 saturated carbocycles. The lowest BCUT2D eigenvalue weighted by molar-refractivity contribution is 0.0890. The van der Waals surface area contributed by atoms with Crippen LogP contribution < -0.4 is 14.9 Å². The van der Waals surface area contributed by atoms with E-state index in [1.165, 1.54) is 11.8 Å². The molecule has 150 valence electrons. The van der Waals surface area contributed by atoms with Gasteiger partial charge in [0.05, 0.1) is 15.4 Å². The lowest BCUT2D eigenvalue weighted by Gasteiger charge is -2.29. The summed E-state index contributed by atoms with van der Waals surface area (Å²) in [6, 6.07) is 21.2. The Kier molecular flexibility index (Phi) is 5.02. The van der Waals surface area contributed by atoms with Gasteiger partial charge in [-0.05, 0) is 45.8 Å². The SMILES string of the molecule is O=c1c(Oc2ccccc2Br)coc2c3c(ccc12)OCN(Cc1ccccc1)C3. The third-order valence-corrected chi connectivity index (χ3v) is 5.71. The maximum Gasteiger partial charge on any atom is 0.235 e. The predicted molar refractivity (Wildman–Crippen MR) is 118 cm³/mol. The number of halogens is 1. The van der Waals surface area contributed by atoms with Crippen LogP contribution in [0, 0.1) is 0 Å². The molecule has 3 aromatic carbocycles. The number of rotatable bonds is 4. The van der Waals surface area contributed by atoms with Crippen molar-refractivity contribution in [1.82, 2.24) is 4.90 Å². The Morgan fingerprint density at radius 1 is 0.967 bits per heavy atom. The first-order chi connectivity index (χ1) is 14.7. The van der Waals surface area contributed by atoms with Crippen molar-refractivity contribution in [2.45, 2.75) is 13.1 Å². The zero-order valence-electron chi connectivity index (χ0n) is 16.0. The monoisotopic (exact) mass is 463 g/mol. The van der Waals surface area contributed by atoms with Crippen LogP contribution in [0.4, 0.5) is 0 Å². The largest absolute Gasteiger partial charge is 0.478 e. The van der Waals surface area contributed by atoms with Crippen LogP contribution in [0.5, 0.6) is 17.2 Å². The molecule has 0 fully saturated rings. The quantitative estimate of drug-likeness (QED) is 0.388. The van der Waals surface area contributed by atoms with Crippen molar-refractivity contribution in [1.29, 1.82) is 0 Å². The fraction of sp³-hybridized carbons (Fsp3) is 0.125. The van der Waals surface area contributed by atoms with Crippen LogP contribution in [0.1, 0.15) is 11.1 Å². The van der Waals surface area contributed by atoms with E-state index in [4.69, 9.17) is 13.9 Å². The van der Waals surface area contributed by atoms with Crippen molar-refractivity contribution >= 4 is 26.9 Å². The summed E-state index contributed by atoms with van der Waals surface area (Å²) in [4.78, 5) is 15.2. The van der Waals surface area contributed by atoms with Crippen LogP contribution in [-0.2, 0) is 13.1 Å². The molecule has 0 saturated heterocycles. The Labute approximate surface area is 181 Å². The van der Waals surface area contributed by atoms with Crippen molar-refractivity contribution in [3.8, 4) is 17.2 Å². The number of hydrogen-bond acceptors (Lipinski definition) is 5. The molecule has 30 heavy (non-hydrogen) atoms. The van der Waals surface area contributed by atoms with E-state index in [0.717, 1.165) is 22.3 Å². The van der Waals surface area contributed by atoms with E-state index in [-0.39, 0.29) is 11.2 Å². The van der Waals surface area contributed by atoms with Crippen molar-refractivity contribution in [2.75, 3.05) is 6.73 Å². The fourth-order valence-electron chi connectivity index (χ4n) is 3.60. The van der Waals surface area contributed by atoms with Crippen LogP contribution in [-0.4, -0.2) is 11.6 Å². The third kappa shape index (κ3) is 3.60. The number of para-hydroxylation sites is 1. The average Bonchev–Trinajstić information content (AvgIpc) is 2.77. The van der Waals surface area contributed by atoms with Gasteiger partial charge in [0.25, 0.3) is 0 Å². The van der Waals surface area contributed by atoms with Gasteiger partial charge in [0.15, 0.2) is 0 Å². The van der Waals surface area contributed by atoms with Crippen molar-refractivity contribution in [2.24, 2.45) is 0 Å². The van der Waals surface area contributed by atoms with Gasteiger partial charge in [-0.2, -0.15) is 0 Å². The van der Waals surface area contributed by atoms with E-state index in [0.29, 0.717) is 30.0 Å². The molecule has 5 nitrogen and oxygen atoms in total. The van der Waals surface area contributed by atoms with Crippen molar-refractivity contribution < 1.29 is 13.9 Å². The first-order valence-electron chi connectivity index (χ1n) is 9.58. The van der Waals surface area contributed by atoms with Gasteiger partial charge in [0.2, 0.25) is 11.2 Å². The molecule has 1 aromatic heterocycles. The smallest absolute Gasteiger partial charge is 0.235 e. The van der Waals surface area contributed by atoms with Crippen LogP contribution in [0.15, 0.2) is 86.7 Å². The van der Waals surface area contributed by atoms with E-state index >= 15 is 0 Å². The van der Waals surface area contributed by atoms with Crippen LogP contribution >= 0.6 is 15.9 Å². The van der Waals surface area contributed by atoms with E-state index in [2.05, 4.69) is 33.0 Å². The molecule has 1 aliphatic heterocycles. The first kappa shape index (κ1) is 18.9. The summed E-state index contributed by atoms with van der Waals surface area (Å²) in [5.74, 6) is 1.45. The zero-order valence-corrected chi connectivity index (χ0v) is 17.6. The van der Waals surface area contributed by atoms with Gasteiger partial charge in [-0.25, -0.2) is 0 Å². The second kappa shape index (κ2) is 7.97. The van der Waals surface area contributed by atoms with Gasteiger partial charge in [-0.3, -0.25) is 9.69 Å². The predicted octanol–water partition coefficient (Wildman–Crippen LogP) is 5.70. The Hall–Kier alpha value is -3.09. The van der Waals surface area contributed by atoms with E-state index in [1.54, 1.807) is 12.1 Å². The minimum atomic E-state index is -0.213. The molecule has 0 N–H and O–H groups in total. The molecule has 0 radical (unpaired) electrons. The van der Waals surface area contributed by atoms with Gasteiger partial charge >= 0.3 is 0 Å². The third-order valence-electron chi connectivity index (χ3n) is 5.06. The summed E-state index contributed by atoms with van der Waals surface area (Å²) in [7, 11) is 0. The summed E-state index contributed by atoms with van der Waals surface area (Å²) in [6.07, 6.45) is 1.38. The Morgan fingerprint density at radius 3 is 2.60 bits per heavy atom. The molecule has 4 aromatic rings. The van der Waals surface area contributed by atoms with E-state index < -0.39 is 0 Å². The molecule has 0 aliphatic carbocycles. The molecular formula is C24H18BrNO4. The molecule has 6 heteroatoms. The highest BCUT2D eigenvalue weighted by Crippen LogP contribution is 2.34. The highest BCUT2D eigenvalue weighted by atomic mass is 79.9. The summed E-state index contributed by atoms with van der Waals surface area (Å²) in [5, 5.41) is 0.475. The molecular weight excluding hydrogens is 446 g/mol. The number of nitrogens with zero attached hydrogens (tertiary/aromatic N) is 1. The number of ether oxygens (including phenoxy) is 2. The Balaban J connectivity index is 1.48. The van der Waals surface area contributed by atoms with E-state index in [9.17, 15) is 4.79 Å². The number of benzene rings is 3. The Bertz CT molecular complexity index is 1270. The molecule has 0 atom stereocenters. The van der Waals surface area contributed by atoms with Crippen LogP contribution in [0.3, 0.4) is 0 Å². The van der Waals surface area contributed by atoms with E-state index in [1.807, 2.05) is 42.5 Å². The summed E-state index contributed by atoms with van der Waals surface area (Å²) < 4.78 is 18.4. The second-order valence-corrected chi connectivity index (χ2v) is 7.98. The highest BCUT2D eigenvalue weighted by molar-refractivity contribution is 9.10. The summed E-state index contributed by atoms with van der Waals surface area (Å²) in [5.41, 5.74) is 2.40. The Morgan fingerprint density at radius 2 is 1.77 bits per heavy atom. The minimum Gasteiger partial charge on any atom is -0.478 e. The van der Waals surface area contributed by atoms with Gasteiger partial charge in [0, 0.05) is 13.1 Å². The van der Waals surface area contributed by atoms with Gasteiger partial charge in [-0.1, -0.05) is 42.5 Å². The normalized spacial score (nSPS) is 13.6. The van der Waals surface area contributed by atoms with Crippen LogP contribution in [0.2, 0.25) is 0 Å². The topological polar surface area (TPSA) is 51.9 Å². The molecule has 0 unspecified atom stereocenters. The maximum atomic E-state index is 13.0. The zero-order chi connectivity index (χ0) is 20.5. The fourth-order valence-corrected chi connectivity index (χ4v) is 3.96. The van der Waals surface area contributed by atoms with Gasteiger partial charge < -0.3 is 13.9 Å².